The molecule has 270 valence electrons. The molecule has 0 aliphatic rings. The van der Waals surface area contributed by atoms with Gasteiger partial charge in [0, 0.05) is 16.9 Å². The van der Waals surface area contributed by atoms with E-state index in [1.54, 1.807) is 49.7 Å². The molecule has 2 unspecified atom stereocenters. The fourth-order valence-corrected chi connectivity index (χ4v) is 6.11. The molecule has 0 fully saturated rings. The van der Waals surface area contributed by atoms with Gasteiger partial charge in [-0.3, -0.25) is 14.4 Å². The lowest BCUT2D eigenvalue weighted by Crippen LogP contribution is -2.45. The van der Waals surface area contributed by atoms with E-state index in [2.05, 4.69) is 26.2 Å². The highest BCUT2D eigenvalue weighted by Gasteiger charge is 2.37. The van der Waals surface area contributed by atoms with E-state index in [-0.39, 0.29) is 16.6 Å². The van der Waals surface area contributed by atoms with Gasteiger partial charge in [0.2, 0.25) is 11.3 Å². The summed E-state index contributed by atoms with van der Waals surface area (Å²) in [5, 5.41) is 18.5. The smallest absolute Gasteiger partial charge is 0.273 e. The number of carbonyl (C=O) groups excluding carboxylic acids is 3. The SMILES string of the molecule is CCC(Oc1ccc(C)cc1C)C(=O)Nc1ccc(Cl)c(NC(=O)C(Oc2ccc(CSc3nnnn3-c3ccccc3)cc2)C(=O)C(C)(C)C)c1. The number of rotatable bonds is 14. The van der Waals surface area contributed by atoms with Crippen molar-refractivity contribution in [1.29, 1.82) is 0 Å². The number of ether oxygens (including phenoxy) is 2. The maximum Gasteiger partial charge on any atom is 0.273 e. The van der Waals surface area contributed by atoms with Crippen molar-refractivity contribution in [2.45, 2.75) is 71.1 Å². The third-order valence-corrected chi connectivity index (χ3v) is 9.28. The van der Waals surface area contributed by atoms with Gasteiger partial charge in [-0.2, -0.15) is 4.68 Å². The number of halogens is 1. The number of aromatic nitrogens is 4. The standard InChI is InChI=1S/C39H41ClN6O5S/c1-7-32(51-33-20-13-24(2)21-25(33)3)36(48)41-27-16-19-30(40)31(22-27)42-37(49)34(35(47)39(4,5)6)50-29-17-14-26(15-18-29)23-52-38-43-44-45-46(38)28-11-9-8-10-12-28/h8-22,32,34H,7,23H2,1-6H3,(H,41,48)(H,42,49). The van der Waals surface area contributed by atoms with E-state index in [1.807, 2.05) is 81.4 Å². The van der Waals surface area contributed by atoms with Crippen molar-refractivity contribution in [3.05, 3.63) is 113 Å². The summed E-state index contributed by atoms with van der Waals surface area (Å²) in [5.41, 5.74) is 3.53. The van der Waals surface area contributed by atoms with Gasteiger partial charge in [0.05, 0.1) is 16.4 Å². The van der Waals surface area contributed by atoms with Crippen LogP contribution in [0.25, 0.3) is 5.69 Å². The number of tetrazole rings is 1. The van der Waals surface area contributed by atoms with Gasteiger partial charge >= 0.3 is 0 Å². The number of Topliss-reactive ketones (excluding diaryl/α,β-unsaturated/α-hetero) is 1. The van der Waals surface area contributed by atoms with E-state index in [4.69, 9.17) is 21.1 Å². The molecular weight excluding hydrogens is 700 g/mol. The molecule has 5 rings (SSSR count). The number of nitrogens with zero attached hydrogens (tertiary/aromatic N) is 4. The highest BCUT2D eigenvalue weighted by Crippen LogP contribution is 2.29. The Morgan fingerprint density at radius 2 is 1.62 bits per heavy atom. The Morgan fingerprint density at radius 1 is 0.885 bits per heavy atom. The Balaban J connectivity index is 1.26. The Hall–Kier alpha value is -5.20. The molecular formula is C39H41ClN6O5S. The highest BCUT2D eigenvalue weighted by molar-refractivity contribution is 7.98. The molecule has 1 aromatic heterocycles. The predicted molar refractivity (Wildman–Crippen MR) is 203 cm³/mol. The molecule has 4 aromatic carbocycles. The number of ketones is 1. The Labute approximate surface area is 312 Å². The maximum atomic E-state index is 13.7. The van der Waals surface area contributed by atoms with Crippen molar-refractivity contribution < 1.29 is 23.9 Å². The average molecular weight is 741 g/mol. The van der Waals surface area contributed by atoms with Crippen LogP contribution in [0.15, 0.2) is 96.2 Å². The summed E-state index contributed by atoms with van der Waals surface area (Å²) in [7, 11) is 0. The van der Waals surface area contributed by atoms with Crippen LogP contribution in [0.3, 0.4) is 0 Å². The molecule has 0 aliphatic carbocycles. The minimum absolute atomic E-state index is 0.202. The number of anilines is 2. The number of aryl methyl sites for hydroxylation is 2. The first-order chi connectivity index (χ1) is 24.8. The van der Waals surface area contributed by atoms with Crippen LogP contribution < -0.4 is 20.1 Å². The number of hydrogen-bond acceptors (Lipinski definition) is 9. The fraction of sp³-hybridized carbons (Fsp3) is 0.282. The third kappa shape index (κ3) is 9.77. The number of para-hydroxylation sites is 1. The Kier molecular flexibility index (Phi) is 12.3. The van der Waals surface area contributed by atoms with Crippen LogP contribution in [0, 0.1) is 19.3 Å². The Morgan fingerprint density at radius 3 is 2.29 bits per heavy atom. The minimum Gasteiger partial charge on any atom is -0.480 e. The van der Waals surface area contributed by atoms with Crippen LogP contribution in [-0.4, -0.2) is 50.0 Å². The summed E-state index contributed by atoms with van der Waals surface area (Å²) in [4.78, 5) is 40.5. The van der Waals surface area contributed by atoms with E-state index in [0.29, 0.717) is 34.5 Å². The van der Waals surface area contributed by atoms with Gasteiger partial charge in [-0.25, -0.2) is 0 Å². The van der Waals surface area contributed by atoms with Gasteiger partial charge in [-0.15, -0.1) is 5.10 Å². The van der Waals surface area contributed by atoms with Crippen molar-refractivity contribution in [3.8, 4) is 17.2 Å². The Bertz CT molecular complexity index is 2030. The summed E-state index contributed by atoms with van der Waals surface area (Å²) in [6, 6.07) is 27.2. The number of hydrogen-bond donors (Lipinski definition) is 2. The van der Waals surface area contributed by atoms with Crippen molar-refractivity contribution in [3.63, 3.8) is 0 Å². The summed E-state index contributed by atoms with van der Waals surface area (Å²) < 4.78 is 13.7. The van der Waals surface area contributed by atoms with E-state index >= 15 is 0 Å². The predicted octanol–water partition coefficient (Wildman–Crippen LogP) is 8.02. The highest BCUT2D eigenvalue weighted by atomic mass is 35.5. The van der Waals surface area contributed by atoms with Crippen LogP contribution in [0.1, 0.15) is 50.8 Å². The molecule has 0 saturated carbocycles. The zero-order valence-corrected chi connectivity index (χ0v) is 31.4. The molecule has 5 aromatic rings. The molecule has 0 saturated heterocycles. The lowest BCUT2D eigenvalue weighted by atomic mass is 9.87. The summed E-state index contributed by atoms with van der Waals surface area (Å²) in [5.74, 6) is 0.0431. The molecule has 2 N–H and O–H groups in total. The topological polar surface area (TPSA) is 137 Å². The number of benzene rings is 4. The first-order valence-corrected chi connectivity index (χ1v) is 18.1. The minimum atomic E-state index is -1.49. The normalized spacial score (nSPS) is 12.4. The van der Waals surface area contributed by atoms with E-state index in [1.165, 1.54) is 17.8 Å². The van der Waals surface area contributed by atoms with Crippen LogP contribution in [0.5, 0.6) is 11.5 Å². The van der Waals surface area contributed by atoms with Crippen molar-refractivity contribution in [2.24, 2.45) is 5.41 Å². The number of amides is 2. The zero-order chi connectivity index (χ0) is 37.4. The van der Waals surface area contributed by atoms with Gasteiger partial charge < -0.3 is 20.1 Å². The van der Waals surface area contributed by atoms with Crippen LogP contribution >= 0.6 is 23.4 Å². The summed E-state index contributed by atoms with van der Waals surface area (Å²) in [6.45, 7) is 10.9. The first-order valence-electron chi connectivity index (χ1n) is 16.7. The second-order valence-corrected chi connectivity index (χ2v) is 14.6. The number of nitrogens with one attached hydrogen (secondary N) is 2. The van der Waals surface area contributed by atoms with E-state index in [0.717, 1.165) is 22.4 Å². The maximum absolute atomic E-state index is 13.7. The van der Waals surface area contributed by atoms with E-state index in [9.17, 15) is 14.4 Å². The molecule has 0 aliphatic heterocycles. The number of thioether (sulfide) groups is 1. The monoisotopic (exact) mass is 740 g/mol. The molecule has 1 heterocycles. The second kappa shape index (κ2) is 16.9. The summed E-state index contributed by atoms with van der Waals surface area (Å²) in [6.07, 6.45) is -1.81. The van der Waals surface area contributed by atoms with Gasteiger partial charge in [0.25, 0.3) is 11.8 Å². The third-order valence-electron chi connectivity index (χ3n) is 7.96. The fourth-order valence-electron chi connectivity index (χ4n) is 5.09. The largest absolute Gasteiger partial charge is 0.480 e. The second-order valence-electron chi connectivity index (χ2n) is 13.2. The lowest BCUT2D eigenvalue weighted by Gasteiger charge is -2.25. The zero-order valence-electron chi connectivity index (χ0n) is 29.8. The van der Waals surface area contributed by atoms with Gasteiger partial charge in [-0.05, 0) is 90.4 Å². The van der Waals surface area contributed by atoms with Crippen LogP contribution in [-0.2, 0) is 20.1 Å². The molecule has 0 spiro atoms. The van der Waals surface area contributed by atoms with Gasteiger partial charge in [0.1, 0.15) is 11.5 Å². The molecule has 0 radical (unpaired) electrons. The van der Waals surface area contributed by atoms with Crippen molar-refractivity contribution in [1.82, 2.24) is 20.2 Å². The average Bonchev–Trinajstić information content (AvgIpc) is 3.59. The molecule has 0 bridgehead atoms. The van der Waals surface area contributed by atoms with Crippen LogP contribution in [0.2, 0.25) is 5.02 Å². The van der Waals surface area contributed by atoms with Crippen molar-refractivity contribution in [2.75, 3.05) is 10.6 Å². The quantitative estimate of drug-likeness (QED) is 0.0857. The molecule has 13 heteroatoms. The van der Waals surface area contributed by atoms with E-state index < -0.39 is 29.3 Å². The molecule has 2 amide bonds. The lowest BCUT2D eigenvalue weighted by molar-refractivity contribution is -0.140. The number of carbonyl (C=O) groups is 3. The molecule has 52 heavy (non-hydrogen) atoms. The van der Waals surface area contributed by atoms with Gasteiger partial charge in [0.15, 0.2) is 11.9 Å². The van der Waals surface area contributed by atoms with Crippen molar-refractivity contribution >= 4 is 52.3 Å². The molecule has 2 atom stereocenters. The van der Waals surface area contributed by atoms with Crippen LogP contribution in [0.4, 0.5) is 11.4 Å². The van der Waals surface area contributed by atoms with Gasteiger partial charge in [-0.1, -0.05) is 99.1 Å². The molecule has 11 nitrogen and oxygen atoms in total. The first kappa shape index (κ1) is 38.0. The summed E-state index contributed by atoms with van der Waals surface area (Å²) >= 11 is 7.94.